The van der Waals surface area contributed by atoms with E-state index in [0.29, 0.717) is 6.54 Å². The number of rotatable bonds is 4. The number of carbonyl (C=O) groups excluding carboxylic acids is 1. The minimum absolute atomic E-state index is 0.0309. The molecule has 0 aromatic heterocycles. The molecule has 19 heavy (non-hydrogen) atoms. The van der Waals surface area contributed by atoms with Gasteiger partial charge in [-0.15, -0.1) is 0 Å². The van der Waals surface area contributed by atoms with E-state index in [0.717, 1.165) is 0 Å². The summed E-state index contributed by atoms with van der Waals surface area (Å²) in [5.74, 6) is 0.0309. The molecule has 0 aliphatic carbocycles. The van der Waals surface area contributed by atoms with E-state index in [1.54, 1.807) is 0 Å². The number of aryl methyl sites for hydroxylation is 2. The van der Waals surface area contributed by atoms with Crippen LogP contribution in [0.5, 0.6) is 0 Å². The zero-order valence-electron chi connectivity index (χ0n) is 12.9. The highest BCUT2D eigenvalue weighted by atomic mass is 16.1. The lowest BCUT2D eigenvalue weighted by Gasteiger charge is -2.22. The fraction of sp³-hybridized carbons (Fsp3) is 0.562. The minimum atomic E-state index is -0.0418. The minimum Gasteiger partial charge on any atom is -0.348 e. The van der Waals surface area contributed by atoms with E-state index in [9.17, 15) is 4.79 Å². The highest BCUT2D eigenvalue weighted by molar-refractivity contribution is 5.78. The molecule has 0 saturated carbocycles. The van der Waals surface area contributed by atoms with Gasteiger partial charge in [0.1, 0.15) is 0 Å². The molecular formula is C16H26N2O. The van der Waals surface area contributed by atoms with Gasteiger partial charge in [-0.3, -0.25) is 4.79 Å². The Kier molecular flexibility index (Phi) is 5.12. The topological polar surface area (TPSA) is 41.1 Å². The van der Waals surface area contributed by atoms with Crippen molar-refractivity contribution in [2.24, 2.45) is 0 Å². The lowest BCUT2D eigenvalue weighted by molar-refractivity contribution is -0.121. The van der Waals surface area contributed by atoms with Crippen LogP contribution in [0, 0.1) is 13.8 Å². The van der Waals surface area contributed by atoms with Crippen LogP contribution < -0.4 is 10.6 Å². The molecule has 3 heteroatoms. The molecular weight excluding hydrogens is 236 g/mol. The summed E-state index contributed by atoms with van der Waals surface area (Å²) in [6.45, 7) is 12.7. The van der Waals surface area contributed by atoms with Gasteiger partial charge in [0.25, 0.3) is 0 Å². The summed E-state index contributed by atoms with van der Waals surface area (Å²) in [6, 6.07) is 6.36. The Labute approximate surface area is 116 Å². The Morgan fingerprint density at radius 2 is 1.89 bits per heavy atom. The molecule has 1 amide bonds. The first-order valence-corrected chi connectivity index (χ1v) is 6.80. The Morgan fingerprint density at radius 1 is 1.26 bits per heavy atom. The molecule has 1 unspecified atom stereocenters. The van der Waals surface area contributed by atoms with E-state index in [1.807, 2.05) is 6.92 Å². The molecule has 1 aromatic carbocycles. The predicted octanol–water partition coefficient (Wildman–Crippen LogP) is 2.87. The van der Waals surface area contributed by atoms with Gasteiger partial charge in [0.15, 0.2) is 0 Å². The maximum absolute atomic E-state index is 11.9. The highest BCUT2D eigenvalue weighted by Gasteiger charge is 2.14. The molecule has 0 spiro atoms. The number of nitrogens with one attached hydrogen (secondary N) is 2. The number of hydrogen-bond donors (Lipinski definition) is 2. The van der Waals surface area contributed by atoms with Crippen LogP contribution in [0.2, 0.25) is 0 Å². The van der Waals surface area contributed by atoms with Crippen molar-refractivity contribution in [2.45, 2.75) is 53.1 Å². The summed E-state index contributed by atoms with van der Waals surface area (Å²) in [5.41, 5.74) is 3.57. The van der Waals surface area contributed by atoms with Crippen LogP contribution in [0.3, 0.4) is 0 Å². The lowest BCUT2D eigenvalue weighted by atomic mass is 10.00. The Bertz CT molecular complexity index is 447. The van der Waals surface area contributed by atoms with Crippen LogP contribution in [-0.4, -0.2) is 18.0 Å². The zero-order chi connectivity index (χ0) is 14.6. The molecule has 0 saturated heterocycles. The standard InChI is InChI=1S/C16H26N2O/c1-11-7-8-12(2)14(9-11)13(3)18-15(19)10-17-16(4,5)6/h7-9,13,17H,10H2,1-6H3,(H,18,19). The summed E-state index contributed by atoms with van der Waals surface area (Å²) in [7, 11) is 0. The van der Waals surface area contributed by atoms with Crippen LogP contribution >= 0.6 is 0 Å². The van der Waals surface area contributed by atoms with E-state index in [2.05, 4.69) is 63.5 Å². The Hall–Kier alpha value is -1.35. The third-order valence-corrected chi connectivity index (χ3v) is 3.06. The van der Waals surface area contributed by atoms with E-state index in [1.165, 1.54) is 16.7 Å². The van der Waals surface area contributed by atoms with Crippen molar-refractivity contribution in [3.63, 3.8) is 0 Å². The van der Waals surface area contributed by atoms with Crippen molar-refractivity contribution in [2.75, 3.05) is 6.54 Å². The average molecular weight is 262 g/mol. The van der Waals surface area contributed by atoms with Crippen LogP contribution in [0.1, 0.15) is 50.4 Å². The summed E-state index contributed by atoms with van der Waals surface area (Å²) in [6.07, 6.45) is 0. The molecule has 0 aliphatic heterocycles. The van der Waals surface area contributed by atoms with Gasteiger partial charge < -0.3 is 10.6 Å². The Morgan fingerprint density at radius 3 is 2.47 bits per heavy atom. The third kappa shape index (κ3) is 5.43. The number of hydrogen-bond acceptors (Lipinski definition) is 2. The molecule has 1 rings (SSSR count). The second-order valence-electron chi connectivity index (χ2n) is 6.25. The molecule has 0 radical (unpaired) electrons. The lowest BCUT2D eigenvalue weighted by Crippen LogP contribution is -2.43. The zero-order valence-corrected chi connectivity index (χ0v) is 12.9. The van der Waals surface area contributed by atoms with Crippen LogP contribution in [-0.2, 0) is 4.79 Å². The third-order valence-electron chi connectivity index (χ3n) is 3.06. The summed E-state index contributed by atoms with van der Waals surface area (Å²) < 4.78 is 0. The summed E-state index contributed by atoms with van der Waals surface area (Å²) in [5, 5.41) is 6.23. The number of carbonyl (C=O) groups is 1. The van der Waals surface area contributed by atoms with Crippen LogP contribution in [0.15, 0.2) is 18.2 Å². The van der Waals surface area contributed by atoms with E-state index < -0.39 is 0 Å². The van der Waals surface area contributed by atoms with E-state index >= 15 is 0 Å². The first-order valence-electron chi connectivity index (χ1n) is 6.80. The van der Waals surface area contributed by atoms with Gasteiger partial charge in [0.05, 0.1) is 12.6 Å². The maximum atomic E-state index is 11.9. The normalized spacial score (nSPS) is 13.2. The van der Waals surface area contributed by atoms with Crippen molar-refractivity contribution in [1.29, 1.82) is 0 Å². The molecule has 106 valence electrons. The molecule has 1 atom stereocenters. The van der Waals surface area contributed by atoms with Gasteiger partial charge in [0, 0.05) is 5.54 Å². The number of benzene rings is 1. The smallest absolute Gasteiger partial charge is 0.234 e. The van der Waals surface area contributed by atoms with Gasteiger partial charge >= 0.3 is 0 Å². The summed E-state index contributed by atoms with van der Waals surface area (Å²) >= 11 is 0. The van der Waals surface area contributed by atoms with Gasteiger partial charge in [-0.05, 0) is 52.7 Å². The fourth-order valence-electron chi connectivity index (χ4n) is 1.94. The highest BCUT2D eigenvalue weighted by Crippen LogP contribution is 2.18. The van der Waals surface area contributed by atoms with Crippen molar-refractivity contribution in [3.8, 4) is 0 Å². The average Bonchev–Trinajstić information content (AvgIpc) is 2.28. The predicted molar refractivity (Wildman–Crippen MR) is 80.2 cm³/mol. The molecule has 3 nitrogen and oxygen atoms in total. The second kappa shape index (κ2) is 6.20. The fourth-order valence-corrected chi connectivity index (χ4v) is 1.94. The van der Waals surface area contributed by atoms with E-state index in [4.69, 9.17) is 0 Å². The van der Waals surface area contributed by atoms with Crippen molar-refractivity contribution in [1.82, 2.24) is 10.6 Å². The molecule has 0 bridgehead atoms. The maximum Gasteiger partial charge on any atom is 0.234 e. The van der Waals surface area contributed by atoms with Crippen molar-refractivity contribution >= 4 is 5.91 Å². The Balaban J connectivity index is 2.61. The van der Waals surface area contributed by atoms with Gasteiger partial charge in [-0.1, -0.05) is 23.8 Å². The largest absolute Gasteiger partial charge is 0.348 e. The molecule has 0 fully saturated rings. The second-order valence-corrected chi connectivity index (χ2v) is 6.25. The van der Waals surface area contributed by atoms with Crippen LogP contribution in [0.4, 0.5) is 0 Å². The van der Waals surface area contributed by atoms with Gasteiger partial charge in [0.2, 0.25) is 5.91 Å². The molecule has 2 N–H and O–H groups in total. The SMILES string of the molecule is Cc1ccc(C)c(C(C)NC(=O)CNC(C)(C)C)c1. The van der Waals surface area contributed by atoms with Crippen molar-refractivity contribution in [3.05, 3.63) is 34.9 Å². The molecule has 0 heterocycles. The van der Waals surface area contributed by atoms with Gasteiger partial charge in [-0.2, -0.15) is 0 Å². The van der Waals surface area contributed by atoms with Crippen LogP contribution in [0.25, 0.3) is 0 Å². The van der Waals surface area contributed by atoms with Gasteiger partial charge in [-0.25, -0.2) is 0 Å². The molecule has 1 aromatic rings. The summed E-state index contributed by atoms with van der Waals surface area (Å²) in [4.78, 5) is 11.9. The van der Waals surface area contributed by atoms with E-state index in [-0.39, 0.29) is 17.5 Å². The molecule has 0 aliphatic rings. The quantitative estimate of drug-likeness (QED) is 0.876. The first kappa shape index (κ1) is 15.7. The monoisotopic (exact) mass is 262 g/mol. The first-order chi connectivity index (χ1) is 8.69. The van der Waals surface area contributed by atoms with Crippen molar-refractivity contribution < 1.29 is 4.79 Å². The number of amides is 1.